The first kappa shape index (κ1) is 70.6. The van der Waals surface area contributed by atoms with Crippen LogP contribution in [0.2, 0.25) is 0 Å². The second-order valence-electron chi connectivity index (χ2n) is 19.7. The van der Waals surface area contributed by atoms with E-state index in [1.54, 1.807) is 6.08 Å². The molecule has 1 saturated heterocycles. The molecule has 8 unspecified atom stereocenters. The van der Waals surface area contributed by atoms with Crippen molar-refractivity contribution >= 4 is 11.9 Å². The maximum Gasteiger partial charge on any atom is 0.306 e. The second-order valence-corrected chi connectivity index (χ2v) is 19.7. The summed E-state index contributed by atoms with van der Waals surface area (Å²) in [6.07, 6.45) is 64.7. The Kier molecular flexibility index (Phi) is 47.9. The van der Waals surface area contributed by atoms with Crippen molar-refractivity contribution in [2.24, 2.45) is 0 Å². The average Bonchev–Trinajstić information content (AvgIpc) is 3.44. The van der Waals surface area contributed by atoms with Crippen LogP contribution in [0, 0.1) is 0 Å². The second kappa shape index (κ2) is 52.3. The number of esters is 1. The number of aliphatic hydroxyl groups is 5. The van der Waals surface area contributed by atoms with E-state index in [9.17, 15) is 35.1 Å². The van der Waals surface area contributed by atoms with Gasteiger partial charge in [-0.05, 0) is 89.9 Å². The van der Waals surface area contributed by atoms with Crippen LogP contribution in [-0.2, 0) is 23.8 Å². The van der Waals surface area contributed by atoms with Crippen LogP contribution in [-0.4, -0.2) is 99.6 Å². The number of unbranched alkanes of at least 4 members (excludes halogenated alkanes) is 15. The van der Waals surface area contributed by atoms with E-state index in [1.807, 2.05) is 60.8 Å². The molecule has 11 heteroatoms. The minimum Gasteiger partial charge on any atom is -0.454 e. The van der Waals surface area contributed by atoms with Crippen molar-refractivity contribution in [3.05, 3.63) is 146 Å². The van der Waals surface area contributed by atoms with Gasteiger partial charge in [-0.15, -0.1) is 0 Å². The van der Waals surface area contributed by atoms with Gasteiger partial charge in [-0.3, -0.25) is 9.59 Å². The molecule has 1 fully saturated rings. The lowest BCUT2D eigenvalue weighted by Gasteiger charge is -2.41. The summed E-state index contributed by atoms with van der Waals surface area (Å²) in [5.41, 5.74) is 0. The molecule has 0 aromatic heterocycles. The zero-order valence-electron chi connectivity index (χ0n) is 47.8. The molecule has 0 bridgehead atoms. The third kappa shape index (κ3) is 40.4. The van der Waals surface area contributed by atoms with Gasteiger partial charge in [0.1, 0.15) is 24.4 Å². The van der Waals surface area contributed by atoms with Crippen LogP contribution in [0.3, 0.4) is 0 Å². The molecule has 1 heterocycles. The zero-order valence-corrected chi connectivity index (χ0v) is 47.8. The van der Waals surface area contributed by atoms with Gasteiger partial charge < -0.3 is 45.1 Å². The van der Waals surface area contributed by atoms with E-state index < -0.39 is 67.4 Å². The maximum atomic E-state index is 13.4. The molecular formula is C66H105NO10. The van der Waals surface area contributed by atoms with E-state index in [2.05, 4.69) is 105 Å². The van der Waals surface area contributed by atoms with Crippen LogP contribution in [0.1, 0.15) is 194 Å². The lowest BCUT2D eigenvalue weighted by Crippen LogP contribution is -2.61. The van der Waals surface area contributed by atoms with E-state index >= 15 is 0 Å². The molecular weight excluding hydrogens is 967 g/mol. The Morgan fingerprint density at radius 3 is 1.55 bits per heavy atom. The molecule has 0 radical (unpaired) electrons. The Morgan fingerprint density at radius 1 is 0.532 bits per heavy atom. The van der Waals surface area contributed by atoms with E-state index in [0.29, 0.717) is 19.3 Å². The molecule has 1 aliphatic rings. The van der Waals surface area contributed by atoms with Gasteiger partial charge in [0.15, 0.2) is 12.4 Å². The molecule has 77 heavy (non-hydrogen) atoms. The average molecular weight is 1070 g/mol. The van der Waals surface area contributed by atoms with Crippen molar-refractivity contribution < 1.29 is 49.3 Å². The van der Waals surface area contributed by atoms with Crippen LogP contribution < -0.4 is 5.32 Å². The number of ether oxygens (including phenoxy) is 3. The van der Waals surface area contributed by atoms with Crippen LogP contribution in [0.4, 0.5) is 0 Å². The molecule has 1 amide bonds. The number of amides is 1. The molecule has 434 valence electrons. The minimum atomic E-state index is -1.65. The first-order valence-corrected chi connectivity index (χ1v) is 29.7. The minimum absolute atomic E-state index is 0.0167. The van der Waals surface area contributed by atoms with E-state index in [0.717, 1.165) is 103 Å². The van der Waals surface area contributed by atoms with Crippen LogP contribution in [0.25, 0.3) is 0 Å². The van der Waals surface area contributed by atoms with Gasteiger partial charge >= 0.3 is 5.97 Å². The summed E-state index contributed by atoms with van der Waals surface area (Å²) >= 11 is 0. The molecule has 1 rings (SSSR count). The Labute approximate surface area is 466 Å². The number of carbonyl (C=O) groups is 2. The van der Waals surface area contributed by atoms with Crippen molar-refractivity contribution in [2.45, 2.75) is 243 Å². The predicted octanol–water partition coefficient (Wildman–Crippen LogP) is 13.8. The maximum absolute atomic E-state index is 13.4. The fraction of sp³-hybridized carbons (Fsp3) is 0.606. The Balaban J connectivity index is 2.71. The zero-order chi connectivity index (χ0) is 56.1. The quantitative estimate of drug-likeness (QED) is 0.0149. The molecule has 8 atom stereocenters. The smallest absolute Gasteiger partial charge is 0.306 e. The van der Waals surface area contributed by atoms with E-state index in [-0.39, 0.29) is 19.4 Å². The van der Waals surface area contributed by atoms with Crippen molar-refractivity contribution in [3.8, 4) is 0 Å². The largest absolute Gasteiger partial charge is 0.454 e. The SMILES string of the molecule is CC/C=C\C/C=C\C/C=C\C/C=C\C/C=C\C/C=C\CCCCCCCC(O)C(=O)NC(COC1OC(CO)C(O)C(O)C1OC(=O)CCC/C=C/C=C\C=C/C=C/C=C/CC)C(O)/C=C/CCCCCCCCCCC. The van der Waals surface area contributed by atoms with Crippen LogP contribution in [0.5, 0.6) is 0 Å². The van der Waals surface area contributed by atoms with Crippen molar-refractivity contribution in [1.82, 2.24) is 5.32 Å². The summed E-state index contributed by atoms with van der Waals surface area (Å²) in [6, 6.07) is -1.06. The third-order valence-corrected chi connectivity index (χ3v) is 12.9. The molecule has 6 N–H and O–H groups in total. The van der Waals surface area contributed by atoms with Crippen LogP contribution in [0.15, 0.2) is 146 Å². The van der Waals surface area contributed by atoms with Gasteiger partial charge in [0.2, 0.25) is 5.91 Å². The van der Waals surface area contributed by atoms with Gasteiger partial charge in [0.05, 0.1) is 25.4 Å². The van der Waals surface area contributed by atoms with Gasteiger partial charge in [-0.1, -0.05) is 244 Å². The third-order valence-electron chi connectivity index (χ3n) is 12.9. The molecule has 0 saturated carbocycles. The summed E-state index contributed by atoms with van der Waals surface area (Å²) in [5, 5.41) is 56.8. The van der Waals surface area contributed by atoms with Gasteiger partial charge in [0.25, 0.3) is 0 Å². The number of carbonyl (C=O) groups excluding carboxylic acids is 2. The van der Waals surface area contributed by atoms with E-state index in [1.165, 1.54) is 38.5 Å². The number of allylic oxidation sites excluding steroid dienone is 23. The normalized spacial score (nSPS) is 20.1. The molecule has 0 aromatic rings. The monoisotopic (exact) mass is 1070 g/mol. The first-order chi connectivity index (χ1) is 37.7. The number of aliphatic hydroxyl groups excluding tert-OH is 5. The van der Waals surface area contributed by atoms with Gasteiger partial charge in [-0.2, -0.15) is 0 Å². The highest BCUT2D eigenvalue weighted by molar-refractivity contribution is 5.80. The highest BCUT2D eigenvalue weighted by Gasteiger charge is 2.47. The summed E-state index contributed by atoms with van der Waals surface area (Å²) in [7, 11) is 0. The molecule has 0 aromatic carbocycles. The first-order valence-electron chi connectivity index (χ1n) is 29.7. The van der Waals surface area contributed by atoms with Gasteiger partial charge in [-0.25, -0.2) is 0 Å². The van der Waals surface area contributed by atoms with E-state index in [4.69, 9.17) is 14.2 Å². The molecule has 1 aliphatic heterocycles. The molecule has 0 aliphatic carbocycles. The Hall–Kier alpha value is -4.46. The highest BCUT2D eigenvalue weighted by Crippen LogP contribution is 2.26. The number of hydrogen-bond donors (Lipinski definition) is 6. The van der Waals surface area contributed by atoms with Gasteiger partial charge in [0, 0.05) is 6.42 Å². The molecule has 0 spiro atoms. The number of hydrogen-bond acceptors (Lipinski definition) is 10. The summed E-state index contributed by atoms with van der Waals surface area (Å²) < 4.78 is 17.5. The Morgan fingerprint density at radius 2 is 1.00 bits per heavy atom. The van der Waals surface area contributed by atoms with Crippen molar-refractivity contribution in [1.29, 1.82) is 0 Å². The number of rotatable bonds is 47. The topological polar surface area (TPSA) is 175 Å². The van der Waals surface area contributed by atoms with Crippen molar-refractivity contribution in [3.63, 3.8) is 0 Å². The number of nitrogens with one attached hydrogen (secondary N) is 1. The highest BCUT2D eigenvalue weighted by atomic mass is 16.7. The molecule has 11 nitrogen and oxygen atoms in total. The standard InChI is InChI=1S/C66H105NO10/c1-4-7-10-13-16-19-22-24-25-26-27-28-29-30-31-32-33-34-36-38-41-44-47-50-53-59(70)65(74)67-57(58(69)52-49-46-43-40-37-21-18-15-12-9-6-3)56-75-66-64(63(73)62(72)60(55-68)76-66)77-61(71)54-51-48-45-42-39-35-23-20-17-14-11-8-5-2/h7-8,10-11,14,16-17,19-20,23-25,27-28,30-31,33-35,39,42,45,49,52,57-60,62-64,66,68-70,72-73H,4-6,9,12-13,15,18,21-22,26,29,32,36-38,40-41,43-44,46-48,50-51,53-56H2,1-3H3,(H,67,74)/b10-7-,11-8+,17-14+,19-16-,23-20-,25-24-,28-27-,31-30-,34-33-,39-35-,45-42+,52-49+. The lowest BCUT2D eigenvalue weighted by molar-refractivity contribution is -0.305. The fourth-order valence-electron chi connectivity index (χ4n) is 8.21. The lowest BCUT2D eigenvalue weighted by atomic mass is 9.99. The predicted molar refractivity (Wildman–Crippen MR) is 319 cm³/mol. The summed E-state index contributed by atoms with van der Waals surface area (Å²) in [4.78, 5) is 26.4. The van der Waals surface area contributed by atoms with Crippen LogP contribution >= 0.6 is 0 Å². The summed E-state index contributed by atoms with van der Waals surface area (Å²) in [5.74, 6) is -1.30. The summed E-state index contributed by atoms with van der Waals surface area (Å²) in [6.45, 7) is 5.44. The fourth-order valence-corrected chi connectivity index (χ4v) is 8.21. The van der Waals surface area contributed by atoms with Crippen molar-refractivity contribution in [2.75, 3.05) is 13.2 Å². The Bertz CT molecular complexity index is 1800.